The first-order valence-electron chi connectivity index (χ1n) is 6.37. The summed E-state index contributed by atoms with van der Waals surface area (Å²) in [4.78, 5) is 8.34. The second-order valence-corrected chi connectivity index (χ2v) is 4.91. The van der Waals surface area contributed by atoms with Crippen LogP contribution in [-0.4, -0.2) is 15.1 Å². The van der Waals surface area contributed by atoms with Crippen molar-refractivity contribution < 1.29 is 9.26 Å². The zero-order valence-corrected chi connectivity index (χ0v) is 12.0. The van der Waals surface area contributed by atoms with Gasteiger partial charge in [-0.2, -0.15) is 4.98 Å². The average Bonchev–Trinajstić information content (AvgIpc) is 2.87. The van der Waals surface area contributed by atoms with Crippen molar-refractivity contribution in [1.82, 2.24) is 15.1 Å². The fourth-order valence-corrected chi connectivity index (χ4v) is 2.06. The molecule has 7 heteroatoms. The summed E-state index contributed by atoms with van der Waals surface area (Å²) < 4.78 is 10.9. The molecule has 0 amide bonds. The van der Waals surface area contributed by atoms with E-state index < -0.39 is 5.54 Å². The topological polar surface area (TPSA) is 87.1 Å². The number of rotatable bonds is 4. The molecule has 1 fully saturated rings. The summed E-state index contributed by atoms with van der Waals surface area (Å²) in [7, 11) is 0. The van der Waals surface area contributed by atoms with Crippen LogP contribution >= 0.6 is 12.4 Å². The monoisotopic (exact) mass is 296 g/mol. The maximum absolute atomic E-state index is 6.15. The highest BCUT2D eigenvalue weighted by atomic mass is 35.5. The number of nitrogens with zero attached hydrogens (tertiary/aromatic N) is 3. The molecule has 1 atom stereocenters. The molecule has 1 saturated carbocycles. The summed E-state index contributed by atoms with van der Waals surface area (Å²) in [5, 5.41) is 3.97. The normalized spacial score (nSPS) is 17.7. The van der Waals surface area contributed by atoms with Crippen molar-refractivity contribution in [3.63, 3.8) is 0 Å². The van der Waals surface area contributed by atoms with Gasteiger partial charge >= 0.3 is 0 Å². The SMILES string of the molecule is CC(Oc1cccnc1)c1nc(C2(N)CCC2)no1.Cl. The molecular weight excluding hydrogens is 280 g/mol. The van der Waals surface area contributed by atoms with E-state index >= 15 is 0 Å². The van der Waals surface area contributed by atoms with E-state index in [2.05, 4.69) is 15.1 Å². The quantitative estimate of drug-likeness (QED) is 0.932. The van der Waals surface area contributed by atoms with Gasteiger partial charge < -0.3 is 15.0 Å². The molecule has 0 bridgehead atoms. The lowest BCUT2D eigenvalue weighted by atomic mass is 9.77. The molecule has 0 radical (unpaired) electrons. The van der Waals surface area contributed by atoms with E-state index in [1.54, 1.807) is 12.4 Å². The van der Waals surface area contributed by atoms with Crippen LogP contribution in [0.3, 0.4) is 0 Å². The molecule has 0 spiro atoms. The second-order valence-electron chi connectivity index (χ2n) is 4.91. The highest BCUT2D eigenvalue weighted by Gasteiger charge is 2.39. The summed E-state index contributed by atoms with van der Waals surface area (Å²) >= 11 is 0. The Hall–Kier alpha value is -1.66. The molecule has 6 nitrogen and oxygen atoms in total. The highest BCUT2D eigenvalue weighted by molar-refractivity contribution is 5.85. The molecule has 2 aromatic rings. The summed E-state index contributed by atoms with van der Waals surface area (Å²) in [6, 6.07) is 3.64. The van der Waals surface area contributed by atoms with Gasteiger partial charge in [-0.1, -0.05) is 5.16 Å². The Balaban J connectivity index is 0.00000147. The third-order valence-corrected chi connectivity index (χ3v) is 3.43. The second kappa shape index (κ2) is 5.76. The molecule has 2 N–H and O–H groups in total. The van der Waals surface area contributed by atoms with E-state index in [1.807, 2.05) is 19.1 Å². The van der Waals surface area contributed by atoms with Crippen LogP contribution in [0.2, 0.25) is 0 Å². The van der Waals surface area contributed by atoms with E-state index in [1.165, 1.54) is 0 Å². The molecule has 20 heavy (non-hydrogen) atoms. The average molecular weight is 297 g/mol. The Bertz CT molecular complexity index is 557. The number of ether oxygens (including phenoxy) is 1. The van der Waals surface area contributed by atoms with Crippen LogP contribution in [0.25, 0.3) is 0 Å². The van der Waals surface area contributed by atoms with Crippen molar-refractivity contribution in [2.45, 2.75) is 37.8 Å². The van der Waals surface area contributed by atoms with Gasteiger partial charge in [-0.15, -0.1) is 12.4 Å². The van der Waals surface area contributed by atoms with E-state index in [-0.39, 0.29) is 18.5 Å². The van der Waals surface area contributed by atoms with Gasteiger partial charge in [0.15, 0.2) is 11.9 Å². The fourth-order valence-electron chi connectivity index (χ4n) is 2.06. The van der Waals surface area contributed by atoms with E-state index in [9.17, 15) is 0 Å². The van der Waals surface area contributed by atoms with Gasteiger partial charge in [0.05, 0.1) is 11.7 Å². The molecule has 3 rings (SSSR count). The van der Waals surface area contributed by atoms with Crippen molar-refractivity contribution in [3.8, 4) is 5.75 Å². The summed E-state index contributed by atoms with van der Waals surface area (Å²) in [5.41, 5.74) is 5.75. The maximum Gasteiger partial charge on any atom is 0.267 e. The molecule has 108 valence electrons. The molecule has 0 aliphatic heterocycles. The van der Waals surface area contributed by atoms with E-state index in [0.29, 0.717) is 17.5 Å². The Kier molecular flexibility index (Phi) is 4.25. The van der Waals surface area contributed by atoms with Crippen LogP contribution in [0.5, 0.6) is 5.75 Å². The van der Waals surface area contributed by atoms with Gasteiger partial charge in [-0.25, -0.2) is 0 Å². The first-order chi connectivity index (χ1) is 9.17. The molecule has 0 saturated heterocycles. The molecule has 1 unspecified atom stereocenters. The van der Waals surface area contributed by atoms with Crippen molar-refractivity contribution >= 4 is 12.4 Å². The summed E-state index contributed by atoms with van der Waals surface area (Å²) in [6.07, 6.45) is 5.94. The minimum absolute atomic E-state index is 0. The van der Waals surface area contributed by atoms with Crippen molar-refractivity contribution in [1.29, 1.82) is 0 Å². The predicted octanol–water partition coefficient (Wildman–Crippen LogP) is 2.36. The molecule has 0 aromatic carbocycles. The number of hydrogen-bond acceptors (Lipinski definition) is 6. The zero-order valence-electron chi connectivity index (χ0n) is 11.2. The zero-order chi connectivity index (χ0) is 13.3. The van der Waals surface area contributed by atoms with Crippen LogP contribution in [-0.2, 0) is 5.54 Å². The van der Waals surface area contributed by atoms with Crippen molar-refractivity contribution in [2.75, 3.05) is 0 Å². The van der Waals surface area contributed by atoms with Crippen LogP contribution in [0.15, 0.2) is 29.0 Å². The standard InChI is InChI=1S/C13H16N4O2.ClH/c1-9(18-10-4-2-7-15-8-10)11-16-12(17-19-11)13(14)5-3-6-13;/h2,4,7-9H,3,5-6,14H2,1H3;1H. The van der Waals surface area contributed by atoms with Gasteiger partial charge in [0.1, 0.15) is 5.75 Å². The minimum atomic E-state index is -0.407. The van der Waals surface area contributed by atoms with E-state index in [0.717, 1.165) is 19.3 Å². The van der Waals surface area contributed by atoms with Crippen LogP contribution in [0.1, 0.15) is 44.0 Å². The Morgan fingerprint density at radius 1 is 1.45 bits per heavy atom. The first kappa shape index (κ1) is 14.7. The fraction of sp³-hybridized carbons (Fsp3) is 0.462. The number of halogens is 1. The first-order valence-corrected chi connectivity index (χ1v) is 6.37. The number of aromatic nitrogens is 3. The van der Waals surface area contributed by atoms with Gasteiger partial charge in [0.2, 0.25) is 0 Å². The number of nitrogens with two attached hydrogens (primary N) is 1. The van der Waals surface area contributed by atoms with Crippen LogP contribution in [0, 0.1) is 0 Å². The van der Waals surface area contributed by atoms with Crippen LogP contribution in [0.4, 0.5) is 0 Å². The lowest BCUT2D eigenvalue weighted by molar-refractivity contribution is 0.174. The van der Waals surface area contributed by atoms with E-state index in [4.69, 9.17) is 15.0 Å². The highest BCUT2D eigenvalue weighted by Crippen LogP contribution is 2.37. The number of hydrogen-bond donors (Lipinski definition) is 1. The minimum Gasteiger partial charge on any atom is -0.479 e. The Morgan fingerprint density at radius 3 is 2.85 bits per heavy atom. The third-order valence-electron chi connectivity index (χ3n) is 3.43. The third kappa shape index (κ3) is 2.76. The largest absolute Gasteiger partial charge is 0.479 e. The lowest BCUT2D eigenvalue weighted by Crippen LogP contribution is -2.44. The molecule has 2 aromatic heterocycles. The molecule has 1 aliphatic rings. The smallest absolute Gasteiger partial charge is 0.267 e. The van der Waals surface area contributed by atoms with Gasteiger partial charge in [0, 0.05) is 6.20 Å². The maximum atomic E-state index is 6.15. The van der Waals surface area contributed by atoms with Crippen molar-refractivity contribution in [3.05, 3.63) is 36.2 Å². The Morgan fingerprint density at radius 2 is 2.25 bits per heavy atom. The molecular formula is C13H17ClN4O2. The molecule has 1 aliphatic carbocycles. The van der Waals surface area contributed by atoms with Gasteiger partial charge in [-0.3, -0.25) is 4.98 Å². The predicted molar refractivity (Wildman–Crippen MR) is 74.5 cm³/mol. The van der Waals surface area contributed by atoms with Crippen LogP contribution < -0.4 is 10.5 Å². The Labute approximate surface area is 123 Å². The number of pyridine rings is 1. The lowest BCUT2D eigenvalue weighted by Gasteiger charge is -2.34. The van der Waals surface area contributed by atoms with Gasteiger partial charge in [-0.05, 0) is 38.3 Å². The summed E-state index contributed by atoms with van der Waals surface area (Å²) in [6.45, 7) is 1.86. The van der Waals surface area contributed by atoms with Crippen molar-refractivity contribution in [2.24, 2.45) is 5.73 Å². The van der Waals surface area contributed by atoms with Gasteiger partial charge in [0.25, 0.3) is 5.89 Å². The summed E-state index contributed by atoms with van der Waals surface area (Å²) in [5.74, 6) is 1.69. The molecule has 2 heterocycles.